The zero-order valence-electron chi connectivity index (χ0n) is 27.2. The largest absolute Gasteiger partial charge is 0.365 e. The van der Waals surface area contributed by atoms with Crippen LogP contribution in [0.15, 0.2) is 60.9 Å². The van der Waals surface area contributed by atoms with Gasteiger partial charge in [0.05, 0.1) is 59.1 Å². The fourth-order valence-corrected chi connectivity index (χ4v) is 9.05. The lowest BCUT2D eigenvalue weighted by molar-refractivity contribution is 0.0992. The number of halogens is 2. The van der Waals surface area contributed by atoms with Crippen molar-refractivity contribution in [1.29, 1.82) is 10.5 Å². The summed E-state index contributed by atoms with van der Waals surface area (Å²) in [7, 11) is -6.53. The molecule has 2 aromatic carbocycles. The molecule has 6 rings (SSSR count). The fraction of sp³-hybridized carbons (Fsp3) is 0.312. The molecule has 2 aromatic heterocycles. The number of hydrogen-bond acceptors (Lipinski definition) is 12. The number of primary amides is 2. The minimum Gasteiger partial charge on any atom is -0.365 e. The number of nitrogens with one attached hydrogen (secondary N) is 2. The SMILES string of the molecule is N#C[C@@H]1CS(=O)(=O)CCC1n1cc(C(N)=O)c(Nc2ccc(F)cc2)n1.N#C[C@H]1CS(=O)(=O)CCC1n1cc(C(N)=O)c(Nc2ccc(F)cc2)n1. The number of nitrogens with zero attached hydrogens (tertiary/aromatic N) is 6. The van der Waals surface area contributed by atoms with Gasteiger partial charge in [0.25, 0.3) is 11.8 Å². The molecular formula is C32H32F2N10O6S2. The second kappa shape index (κ2) is 15.2. The van der Waals surface area contributed by atoms with Crippen molar-refractivity contribution in [2.45, 2.75) is 24.9 Å². The van der Waals surface area contributed by atoms with E-state index in [2.05, 4.69) is 20.8 Å². The third-order valence-corrected chi connectivity index (χ3v) is 11.9. The van der Waals surface area contributed by atoms with Gasteiger partial charge in [-0.2, -0.15) is 20.7 Å². The molecule has 4 aromatic rings. The average molecular weight is 755 g/mol. The Labute approximate surface area is 296 Å². The third-order valence-electron chi connectivity index (χ3n) is 8.47. The summed E-state index contributed by atoms with van der Waals surface area (Å²) in [5.41, 5.74) is 12.0. The molecule has 4 heterocycles. The van der Waals surface area contributed by atoms with Crippen molar-refractivity contribution >= 4 is 54.5 Å². The van der Waals surface area contributed by atoms with E-state index in [1.165, 1.54) is 70.3 Å². The maximum atomic E-state index is 13.0. The Balaban J connectivity index is 0.000000201. The molecule has 2 fully saturated rings. The van der Waals surface area contributed by atoms with Crippen LogP contribution < -0.4 is 22.1 Å². The molecule has 2 aliphatic rings. The van der Waals surface area contributed by atoms with Crippen molar-refractivity contribution in [3.8, 4) is 12.1 Å². The predicted octanol–water partition coefficient (Wildman–Crippen LogP) is 2.73. The number of aromatic nitrogens is 4. The van der Waals surface area contributed by atoms with E-state index >= 15 is 0 Å². The number of anilines is 4. The van der Waals surface area contributed by atoms with Crippen molar-refractivity contribution in [3.63, 3.8) is 0 Å². The van der Waals surface area contributed by atoms with E-state index in [1.54, 1.807) is 0 Å². The van der Waals surface area contributed by atoms with Gasteiger partial charge in [0.2, 0.25) is 0 Å². The number of amides is 2. The number of rotatable bonds is 8. The van der Waals surface area contributed by atoms with Gasteiger partial charge in [0.15, 0.2) is 31.3 Å². The molecule has 16 nitrogen and oxygen atoms in total. The summed E-state index contributed by atoms with van der Waals surface area (Å²) >= 11 is 0. The molecule has 0 radical (unpaired) electrons. The number of hydrogen-bond donors (Lipinski definition) is 4. The maximum Gasteiger partial charge on any atom is 0.254 e. The smallest absolute Gasteiger partial charge is 0.254 e. The predicted molar refractivity (Wildman–Crippen MR) is 184 cm³/mol. The summed E-state index contributed by atoms with van der Waals surface area (Å²) in [5.74, 6) is -4.08. The number of sulfone groups is 2. The quantitative estimate of drug-likeness (QED) is 0.202. The lowest BCUT2D eigenvalue weighted by Crippen LogP contribution is -2.34. The van der Waals surface area contributed by atoms with Gasteiger partial charge >= 0.3 is 0 Å². The van der Waals surface area contributed by atoms with Crippen LogP contribution in [-0.2, 0) is 19.7 Å². The first-order valence-electron chi connectivity index (χ1n) is 15.6. The van der Waals surface area contributed by atoms with Crippen LogP contribution in [0.3, 0.4) is 0 Å². The lowest BCUT2D eigenvalue weighted by Gasteiger charge is -2.26. The Bertz CT molecular complexity index is 2120. The van der Waals surface area contributed by atoms with Gasteiger partial charge in [-0.3, -0.25) is 19.0 Å². The molecule has 20 heteroatoms. The highest BCUT2D eigenvalue weighted by Gasteiger charge is 2.37. The third kappa shape index (κ3) is 8.89. The normalized spacial score (nSPS) is 21.7. The van der Waals surface area contributed by atoms with Gasteiger partial charge in [-0.05, 0) is 61.4 Å². The molecule has 0 saturated carbocycles. The first-order valence-corrected chi connectivity index (χ1v) is 19.3. The molecule has 2 amide bonds. The second-order valence-electron chi connectivity index (χ2n) is 12.1. The number of nitrogens with two attached hydrogens (primary N) is 2. The van der Waals surface area contributed by atoms with Gasteiger partial charge in [0, 0.05) is 23.8 Å². The van der Waals surface area contributed by atoms with Crippen LogP contribution >= 0.6 is 0 Å². The molecule has 2 aliphatic heterocycles. The number of carbonyl (C=O) groups is 2. The monoisotopic (exact) mass is 754 g/mol. The van der Waals surface area contributed by atoms with Gasteiger partial charge < -0.3 is 22.1 Å². The standard InChI is InChI=1S/2C16H16FN5O3S/c2*17-11-1-3-12(4-2-11)20-16-13(15(19)23)8-22(21-16)14-5-6-26(24,25)9-10(14)7-18/h2*1-4,8,10,14H,5-6,9H2,(H2,19,23)(H,20,21)/t2*10-,14?/m10/s1. The van der Waals surface area contributed by atoms with Crippen LogP contribution in [0.2, 0.25) is 0 Å². The van der Waals surface area contributed by atoms with E-state index in [4.69, 9.17) is 11.5 Å². The highest BCUT2D eigenvalue weighted by atomic mass is 32.2. The summed E-state index contributed by atoms with van der Waals surface area (Å²) in [6.07, 6.45) is 3.25. The van der Waals surface area contributed by atoms with Crippen molar-refractivity contribution < 1.29 is 35.2 Å². The minimum absolute atomic E-state index is 0.0532. The number of benzene rings is 2. The van der Waals surface area contributed by atoms with Crippen molar-refractivity contribution in [2.24, 2.45) is 23.3 Å². The first-order chi connectivity index (χ1) is 24.6. The van der Waals surface area contributed by atoms with E-state index in [0.717, 1.165) is 0 Å². The van der Waals surface area contributed by atoms with Crippen molar-refractivity contribution in [3.05, 3.63) is 83.7 Å². The Kier molecular flexibility index (Phi) is 10.9. The van der Waals surface area contributed by atoms with Crippen LogP contribution in [0.4, 0.5) is 31.8 Å². The molecule has 2 unspecified atom stereocenters. The Morgan fingerprint density at radius 2 is 1.04 bits per heavy atom. The number of nitriles is 2. The molecule has 272 valence electrons. The molecule has 2 saturated heterocycles. The Hall–Kier alpha value is -5.86. The average Bonchev–Trinajstić information content (AvgIpc) is 3.71. The van der Waals surface area contributed by atoms with Crippen LogP contribution in [0, 0.1) is 46.1 Å². The summed E-state index contributed by atoms with van der Waals surface area (Å²) in [6, 6.07) is 14.0. The van der Waals surface area contributed by atoms with Crippen LogP contribution in [0.25, 0.3) is 0 Å². The van der Waals surface area contributed by atoms with E-state index in [0.29, 0.717) is 11.4 Å². The molecule has 0 spiro atoms. The van der Waals surface area contributed by atoms with Gasteiger partial charge in [0.1, 0.15) is 22.8 Å². The van der Waals surface area contributed by atoms with Crippen LogP contribution in [0.5, 0.6) is 0 Å². The topological polar surface area (TPSA) is 262 Å². The molecular weight excluding hydrogens is 723 g/mol. The summed E-state index contributed by atoms with van der Waals surface area (Å²) < 4.78 is 75.9. The van der Waals surface area contributed by atoms with Gasteiger partial charge in [-0.1, -0.05) is 0 Å². The van der Waals surface area contributed by atoms with Crippen LogP contribution in [0.1, 0.15) is 45.6 Å². The lowest BCUT2D eigenvalue weighted by atomic mass is 10.0. The van der Waals surface area contributed by atoms with Crippen LogP contribution in [-0.4, -0.2) is 71.2 Å². The molecule has 52 heavy (non-hydrogen) atoms. The van der Waals surface area contributed by atoms with E-state index in [-0.39, 0.29) is 58.6 Å². The highest BCUT2D eigenvalue weighted by Crippen LogP contribution is 2.32. The fourth-order valence-electron chi connectivity index (χ4n) is 5.83. The zero-order chi connectivity index (χ0) is 37.8. The summed E-state index contributed by atoms with van der Waals surface area (Å²) in [5, 5.41) is 33.0. The molecule has 6 N–H and O–H groups in total. The Morgan fingerprint density at radius 3 is 1.35 bits per heavy atom. The highest BCUT2D eigenvalue weighted by molar-refractivity contribution is 7.91. The Morgan fingerprint density at radius 1 is 0.692 bits per heavy atom. The van der Waals surface area contributed by atoms with E-state index < -0.39 is 67.0 Å². The summed E-state index contributed by atoms with van der Waals surface area (Å²) in [4.78, 5) is 23.4. The number of carbonyl (C=O) groups excluding carboxylic acids is 2. The van der Waals surface area contributed by atoms with Gasteiger partial charge in [-0.15, -0.1) is 0 Å². The maximum absolute atomic E-state index is 13.0. The second-order valence-corrected chi connectivity index (χ2v) is 16.6. The molecule has 4 atom stereocenters. The summed E-state index contributed by atoms with van der Waals surface area (Å²) in [6.45, 7) is 0. The zero-order valence-corrected chi connectivity index (χ0v) is 28.8. The molecule has 0 bridgehead atoms. The van der Waals surface area contributed by atoms with E-state index in [9.17, 15) is 45.7 Å². The van der Waals surface area contributed by atoms with Gasteiger partial charge in [-0.25, -0.2) is 25.6 Å². The van der Waals surface area contributed by atoms with Crippen molar-refractivity contribution in [2.75, 3.05) is 33.6 Å². The van der Waals surface area contributed by atoms with E-state index in [1.807, 2.05) is 12.1 Å². The minimum atomic E-state index is -3.26. The van der Waals surface area contributed by atoms with Crippen molar-refractivity contribution in [1.82, 2.24) is 19.6 Å². The first kappa shape index (κ1) is 37.4. The molecule has 0 aliphatic carbocycles.